The van der Waals surface area contributed by atoms with Gasteiger partial charge in [0.05, 0.1) is 6.10 Å². The van der Waals surface area contributed by atoms with E-state index in [2.05, 4.69) is 17.2 Å². The lowest BCUT2D eigenvalue weighted by atomic mass is 9.92. The second kappa shape index (κ2) is 8.65. The Morgan fingerprint density at radius 2 is 2.10 bits per heavy atom. The van der Waals surface area contributed by atoms with E-state index in [1.165, 1.54) is 0 Å². The smallest absolute Gasteiger partial charge is 0.325 e. The van der Waals surface area contributed by atoms with Crippen molar-refractivity contribution in [2.75, 3.05) is 26.3 Å². The van der Waals surface area contributed by atoms with E-state index in [4.69, 9.17) is 9.47 Å². The number of hydrogen-bond donors (Lipinski definition) is 2. The lowest BCUT2D eigenvalue weighted by molar-refractivity contribution is -0.134. The zero-order valence-electron chi connectivity index (χ0n) is 16.8. The summed E-state index contributed by atoms with van der Waals surface area (Å²) >= 11 is 0. The molecule has 3 rings (SSSR count). The van der Waals surface area contributed by atoms with Crippen LogP contribution in [0.1, 0.15) is 32.3 Å². The highest BCUT2D eigenvalue weighted by Crippen LogP contribution is 2.30. The fourth-order valence-corrected chi connectivity index (χ4v) is 3.36. The largest absolute Gasteiger partial charge is 0.489 e. The van der Waals surface area contributed by atoms with E-state index in [0.717, 1.165) is 23.3 Å². The minimum absolute atomic E-state index is 0.00191. The van der Waals surface area contributed by atoms with Crippen molar-refractivity contribution in [1.29, 1.82) is 0 Å². The van der Waals surface area contributed by atoms with Gasteiger partial charge in [0.15, 0.2) is 0 Å². The number of nitrogens with zero attached hydrogens (tertiary/aromatic N) is 1. The fraction of sp³-hybridized carbons (Fsp3) is 0.476. The number of carbonyl (C=O) groups is 3. The summed E-state index contributed by atoms with van der Waals surface area (Å²) in [5.41, 5.74) is 0.271. The minimum atomic E-state index is -1.24. The van der Waals surface area contributed by atoms with Gasteiger partial charge in [0, 0.05) is 13.2 Å². The Balaban J connectivity index is 1.61. The number of rotatable bonds is 8. The number of amides is 4. The Morgan fingerprint density at radius 3 is 2.72 bits per heavy atom. The molecule has 2 unspecified atom stereocenters. The summed E-state index contributed by atoms with van der Waals surface area (Å²) in [6, 6.07) is 6.34. The van der Waals surface area contributed by atoms with Gasteiger partial charge in [-0.15, -0.1) is 0 Å². The molecule has 0 aliphatic carbocycles. The molecule has 2 atom stereocenters. The summed E-state index contributed by atoms with van der Waals surface area (Å²) in [4.78, 5) is 38.4. The monoisotopic (exact) mass is 401 g/mol. The van der Waals surface area contributed by atoms with Gasteiger partial charge in [0.1, 0.15) is 24.4 Å². The van der Waals surface area contributed by atoms with Crippen molar-refractivity contribution >= 4 is 17.8 Å². The zero-order valence-corrected chi connectivity index (χ0v) is 16.8. The highest BCUT2D eigenvalue weighted by molar-refractivity contribution is 6.09. The maximum absolute atomic E-state index is 12.9. The average Bonchev–Trinajstić information content (AvgIpc) is 3.28. The summed E-state index contributed by atoms with van der Waals surface area (Å²) in [6.45, 7) is 8.44. The number of imide groups is 1. The van der Waals surface area contributed by atoms with Crippen LogP contribution in [0.3, 0.4) is 0 Å². The molecule has 4 amide bonds. The van der Waals surface area contributed by atoms with Gasteiger partial charge in [0.2, 0.25) is 5.91 Å². The van der Waals surface area contributed by atoms with Gasteiger partial charge in [-0.2, -0.15) is 0 Å². The van der Waals surface area contributed by atoms with Crippen LogP contribution in [0.4, 0.5) is 4.79 Å². The van der Waals surface area contributed by atoms with Crippen LogP contribution in [0.2, 0.25) is 0 Å². The van der Waals surface area contributed by atoms with Crippen molar-refractivity contribution in [2.45, 2.75) is 38.3 Å². The lowest BCUT2D eigenvalue weighted by Gasteiger charge is -2.22. The second-order valence-electron chi connectivity index (χ2n) is 7.66. The number of benzene rings is 1. The number of hydrogen-bond acceptors (Lipinski definition) is 5. The maximum atomic E-state index is 12.9. The first-order valence-corrected chi connectivity index (χ1v) is 9.70. The van der Waals surface area contributed by atoms with Crippen molar-refractivity contribution in [3.05, 3.63) is 42.0 Å². The third kappa shape index (κ3) is 4.76. The molecule has 1 aromatic rings. The average molecular weight is 401 g/mol. The first-order chi connectivity index (χ1) is 13.8. The number of carbonyl (C=O) groups excluding carboxylic acids is 3. The van der Waals surface area contributed by atoms with Crippen LogP contribution in [0.5, 0.6) is 5.75 Å². The van der Waals surface area contributed by atoms with Crippen LogP contribution in [-0.4, -0.2) is 55.2 Å². The molecule has 156 valence electrons. The van der Waals surface area contributed by atoms with E-state index in [1.54, 1.807) is 31.2 Å². The van der Waals surface area contributed by atoms with E-state index in [0.29, 0.717) is 31.1 Å². The van der Waals surface area contributed by atoms with Gasteiger partial charge >= 0.3 is 6.03 Å². The number of nitrogens with one attached hydrogen (secondary N) is 2. The van der Waals surface area contributed by atoms with Gasteiger partial charge in [0.25, 0.3) is 5.91 Å². The molecule has 2 aliphatic rings. The molecule has 0 aromatic heterocycles. The summed E-state index contributed by atoms with van der Waals surface area (Å²) in [5.74, 6) is -0.218. The molecule has 2 N–H and O–H groups in total. The topological polar surface area (TPSA) is 97.0 Å². The number of urea groups is 1. The zero-order chi connectivity index (χ0) is 21.0. The molecule has 2 fully saturated rings. The molecule has 0 saturated carbocycles. The van der Waals surface area contributed by atoms with E-state index in [1.807, 2.05) is 6.92 Å². The van der Waals surface area contributed by atoms with Gasteiger partial charge in [-0.1, -0.05) is 18.7 Å². The first-order valence-electron chi connectivity index (χ1n) is 9.70. The third-order valence-corrected chi connectivity index (χ3v) is 5.04. The standard InChI is InChI=1S/C21H27N3O5/c1-14(2)13-29-16-8-6-15(7-9-16)21(3)19(26)24(20(27)23-21)12-18(25)22-11-17-5-4-10-28-17/h6-9,17H,1,4-5,10-13H2,2-3H3,(H,22,25)(H,23,27). The van der Waals surface area contributed by atoms with Gasteiger partial charge in [-0.05, 0) is 50.0 Å². The van der Waals surface area contributed by atoms with E-state index in [9.17, 15) is 14.4 Å². The SMILES string of the molecule is C=C(C)COc1ccc(C2(C)NC(=O)N(CC(=O)NCC3CCCO3)C2=O)cc1. The van der Waals surface area contributed by atoms with Crippen molar-refractivity contribution in [3.8, 4) is 5.75 Å². The van der Waals surface area contributed by atoms with Crippen LogP contribution in [0.25, 0.3) is 0 Å². The van der Waals surface area contributed by atoms with Crippen molar-refractivity contribution in [3.63, 3.8) is 0 Å². The van der Waals surface area contributed by atoms with Crippen molar-refractivity contribution in [2.24, 2.45) is 0 Å². The predicted octanol–water partition coefficient (Wildman–Crippen LogP) is 1.70. The molecule has 8 nitrogen and oxygen atoms in total. The number of ether oxygens (including phenoxy) is 2. The molecule has 8 heteroatoms. The quantitative estimate of drug-likeness (QED) is 0.511. The van der Waals surface area contributed by atoms with E-state index < -0.39 is 23.4 Å². The summed E-state index contributed by atoms with van der Waals surface area (Å²) < 4.78 is 11.0. The Labute approximate surface area is 170 Å². The molecular formula is C21H27N3O5. The molecule has 0 bridgehead atoms. The summed E-state index contributed by atoms with van der Waals surface area (Å²) in [7, 11) is 0. The highest BCUT2D eigenvalue weighted by atomic mass is 16.5. The summed E-state index contributed by atoms with van der Waals surface area (Å²) in [6.07, 6.45) is 1.87. The molecular weight excluding hydrogens is 374 g/mol. The molecule has 1 aromatic carbocycles. The molecule has 29 heavy (non-hydrogen) atoms. The van der Waals surface area contributed by atoms with Crippen LogP contribution in [-0.2, 0) is 19.9 Å². The Morgan fingerprint density at radius 1 is 1.38 bits per heavy atom. The lowest BCUT2D eigenvalue weighted by Crippen LogP contribution is -2.44. The van der Waals surface area contributed by atoms with E-state index in [-0.39, 0.29) is 12.6 Å². The molecule has 2 saturated heterocycles. The second-order valence-corrected chi connectivity index (χ2v) is 7.66. The highest BCUT2D eigenvalue weighted by Gasteiger charge is 2.49. The normalized spacial score (nSPS) is 23.8. The van der Waals surface area contributed by atoms with Crippen molar-refractivity contribution < 1.29 is 23.9 Å². The maximum Gasteiger partial charge on any atom is 0.325 e. The van der Waals surface area contributed by atoms with Crippen LogP contribution in [0.15, 0.2) is 36.4 Å². The molecule has 2 aliphatic heterocycles. The summed E-state index contributed by atoms with van der Waals surface area (Å²) in [5, 5.41) is 5.43. The third-order valence-electron chi connectivity index (χ3n) is 5.04. The molecule has 0 radical (unpaired) electrons. The predicted molar refractivity (Wildman–Crippen MR) is 106 cm³/mol. The Kier molecular flexibility index (Phi) is 6.22. The van der Waals surface area contributed by atoms with Crippen molar-refractivity contribution in [1.82, 2.24) is 15.5 Å². The van der Waals surface area contributed by atoms with Crippen LogP contribution >= 0.6 is 0 Å². The van der Waals surface area contributed by atoms with Gasteiger partial charge in [-0.3, -0.25) is 14.5 Å². The minimum Gasteiger partial charge on any atom is -0.489 e. The van der Waals surface area contributed by atoms with Crippen LogP contribution < -0.4 is 15.4 Å². The molecule has 2 heterocycles. The first kappa shape index (κ1) is 20.9. The van der Waals surface area contributed by atoms with Crippen LogP contribution in [0, 0.1) is 0 Å². The Hall–Kier alpha value is -2.87. The van der Waals surface area contributed by atoms with E-state index >= 15 is 0 Å². The molecule has 0 spiro atoms. The fourth-order valence-electron chi connectivity index (χ4n) is 3.36. The van der Waals surface area contributed by atoms with Gasteiger partial charge in [-0.25, -0.2) is 4.79 Å². The Bertz CT molecular complexity index is 801. The van der Waals surface area contributed by atoms with Gasteiger partial charge < -0.3 is 20.1 Å².